The van der Waals surface area contributed by atoms with Gasteiger partial charge in [0.25, 0.3) is 0 Å². The number of pyridine rings is 2. The number of nitriles is 1. The van der Waals surface area contributed by atoms with Gasteiger partial charge in [-0.05, 0) is 41.8 Å². The Kier molecular flexibility index (Phi) is 3.25. The van der Waals surface area contributed by atoms with Crippen molar-refractivity contribution < 1.29 is 0 Å². The molecule has 3 nitrogen and oxygen atoms in total. The Morgan fingerprint density at radius 2 is 1.56 bits per heavy atom. The van der Waals surface area contributed by atoms with Crippen LogP contribution < -0.4 is 0 Å². The summed E-state index contributed by atoms with van der Waals surface area (Å²) >= 11 is 0. The molecule has 1 unspecified atom stereocenters. The zero-order valence-electron chi connectivity index (χ0n) is 8.74. The number of hydrogen-bond acceptors (Lipinski definition) is 3. The molecule has 2 aromatic rings. The summed E-state index contributed by atoms with van der Waals surface area (Å²) in [6.45, 7) is 0. The van der Waals surface area contributed by atoms with E-state index < -0.39 is 0 Å². The largest absolute Gasteiger partial charge is 0.265 e. The number of rotatable bonds is 3. The van der Waals surface area contributed by atoms with Crippen LogP contribution in [0.2, 0.25) is 0 Å². The lowest BCUT2D eigenvalue weighted by molar-refractivity contribution is 0.844. The zero-order chi connectivity index (χ0) is 11.2. The van der Waals surface area contributed by atoms with Crippen molar-refractivity contribution in [1.29, 1.82) is 5.26 Å². The van der Waals surface area contributed by atoms with E-state index in [4.69, 9.17) is 5.26 Å². The van der Waals surface area contributed by atoms with Crippen molar-refractivity contribution in [1.82, 2.24) is 9.97 Å². The number of hydrogen-bond donors (Lipinski definition) is 0. The van der Waals surface area contributed by atoms with Gasteiger partial charge >= 0.3 is 0 Å². The second kappa shape index (κ2) is 5.04. The molecule has 2 aromatic heterocycles. The topological polar surface area (TPSA) is 49.6 Å². The maximum atomic E-state index is 9.15. The van der Waals surface area contributed by atoms with Crippen LogP contribution >= 0.6 is 0 Å². The fourth-order valence-electron chi connectivity index (χ4n) is 1.59. The third kappa shape index (κ3) is 2.43. The molecule has 0 aliphatic heterocycles. The highest BCUT2D eigenvalue weighted by atomic mass is 14.6. The van der Waals surface area contributed by atoms with Gasteiger partial charge in [0.2, 0.25) is 0 Å². The molecule has 3 heteroatoms. The first kappa shape index (κ1) is 10.3. The standard InChI is InChI=1S/C13H11N3/c14-10-13(12-3-7-16-8-4-12)9-11-1-5-15-6-2-11/h1-8,13H,9H2. The summed E-state index contributed by atoms with van der Waals surface area (Å²) in [5, 5.41) is 9.15. The zero-order valence-corrected chi connectivity index (χ0v) is 8.74. The highest BCUT2D eigenvalue weighted by Crippen LogP contribution is 2.18. The quantitative estimate of drug-likeness (QED) is 0.779. The molecule has 0 aliphatic carbocycles. The van der Waals surface area contributed by atoms with Gasteiger partial charge in [0.15, 0.2) is 0 Å². The maximum Gasteiger partial charge on any atom is 0.0754 e. The molecule has 0 N–H and O–H groups in total. The first-order valence-corrected chi connectivity index (χ1v) is 5.08. The lowest BCUT2D eigenvalue weighted by Crippen LogP contribution is -2.00. The van der Waals surface area contributed by atoms with Gasteiger partial charge in [-0.25, -0.2) is 0 Å². The minimum absolute atomic E-state index is 0.120. The Morgan fingerprint density at radius 1 is 1.00 bits per heavy atom. The minimum Gasteiger partial charge on any atom is -0.265 e. The summed E-state index contributed by atoms with van der Waals surface area (Å²) in [4.78, 5) is 7.91. The van der Waals surface area contributed by atoms with E-state index in [0.717, 1.165) is 11.1 Å². The molecule has 0 aliphatic rings. The molecule has 0 fully saturated rings. The normalized spacial score (nSPS) is 11.7. The van der Waals surface area contributed by atoms with Gasteiger partial charge in [0.1, 0.15) is 0 Å². The Hall–Kier alpha value is -2.21. The van der Waals surface area contributed by atoms with E-state index in [2.05, 4.69) is 16.0 Å². The van der Waals surface area contributed by atoms with Crippen molar-refractivity contribution in [2.45, 2.75) is 12.3 Å². The summed E-state index contributed by atoms with van der Waals surface area (Å²) < 4.78 is 0. The van der Waals surface area contributed by atoms with E-state index in [1.165, 1.54) is 0 Å². The van der Waals surface area contributed by atoms with Crippen LogP contribution in [0.4, 0.5) is 0 Å². The van der Waals surface area contributed by atoms with Crippen molar-refractivity contribution in [2.24, 2.45) is 0 Å². The van der Waals surface area contributed by atoms with E-state index in [-0.39, 0.29) is 5.92 Å². The summed E-state index contributed by atoms with van der Waals surface area (Å²) in [5.41, 5.74) is 2.13. The predicted molar refractivity (Wildman–Crippen MR) is 60.5 cm³/mol. The van der Waals surface area contributed by atoms with Gasteiger partial charge in [-0.3, -0.25) is 9.97 Å². The van der Waals surface area contributed by atoms with Gasteiger partial charge in [0.05, 0.1) is 12.0 Å². The van der Waals surface area contributed by atoms with Crippen molar-refractivity contribution in [3.05, 3.63) is 60.2 Å². The average molecular weight is 209 g/mol. The summed E-state index contributed by atoms with van der Waals surface area (Å²) in [6.07, 6.45) is 7.63. The third-order valence-electron chi connectivity index (χ3n) is 2.45. The number of aromatic nitrogens is 2. The third-order valence-corrected chi connectivity index (χ3v) is 2.45. The summed E-state index contributed by atoms with van der Waals surface area (Å²) in [5.74, 6) is -0.120. The van der Waals surface area contributed by atoms with E-state index >= 15 is 0 Å². The molecular formula is C13H11N3. The molecule has 0 radical (unpaired) electrons. The second-order valence-electron chi connectivity index (χ2n) is 3.52. The lowest BCUT2D eigenvalue weighted by Gasteiger charge is -2.08. The summed E-state index contributed by atoms with van der Waals surface area (Å²) in [7, 11) is 0. The Morgan fingerprint density at radius 3 is 2.12 bits per heavy atom. The average Bonchev–Trinajstić information content (AvgIpc) is 2.38. The van der Waals surface area contributed by atoms with Gasteiger partial charge < -0.3 is 0 Å². The van der Waals surface area contributed by atoms with Gasteiger partial charge in [-0.15, -0.1) is 0 Å². The highest BCUT2D eigenvalue weighted by molar-refractivity contribution is 5.26. The minimum atomic E-state index is -0.120. The molecule has 0 amide bonds. The van der Waals surface area contributed by atoms with Crippen LogP contribution in [-0.2, 0) is 6.42 Å². The molecule has 78 valence electrons. The first-order valence-electron chi connectivity index (χ1n) is 5.08. The van der Waals surface area contributed by atoms with Crippen molar-refractivity contribution >= 4 is 0 Å². The first-order chi connectivity index (χ1) is 7.90. The molecule has 2 heterocycles. The van der Waals surface area contributed by atoms with E-state index in [1.807, 2.05) is 24.3 Å². The van der Waals surface area contributed by atoms with E-state index in [0.29, 0.717) is 6.42 Å². The van der Waals surface area contributed by atoms with Crippen molar-refractivity contribution in [2.75, 3.05) is 0 Å². The van der Waals surface area contributed by atoms with E-state index in [1.54, 1.807) is 24.8 Å². The molecule has 0 spiro atoms. The fourth-order valence-corrected chi connectivity index (χ4v) is 1.59. The Bertz CT molecular complexity index is 474. The molecule has 0 saturated heterocycles. The molecular weight excluding hydrogens is 198 g/mol. The molecule has 0 aromatic carbocycles. The second-order valence-corrected chi connectivity index (χ2v) is 3.52. The van der Waals surface area contributed by atoms with Gasteiger partial charge in [0, 0.05) is 24.8 Å². The monoisotopic (exact) mass is 209 g/mol. The fraction of sp³-hybridized carbons (Fsp3) is 0.154. The molecule has 0 bridgehead atoms. The van der Waals surface area contributed by atoms with Crippen LogP contribution in [0.3, 0.4) is 0 Å². The Balaban J connectivity index is 2.17. The van der Waals surface area contributed by atoms with Gasteiger partial charge in [-0.1, -0.05) is 0 Å². The van der Waals surface area contributed by atoms with Crippen LogP contribution in [0.25, 0.3) is 0 Å². The molecule has 1 atom stereocenters. The van der Waals surface area contributed by atoms with Crippen molar-refractivity contribution in [3.63, 3.8) is 0 Å². The van der Waals surface area contributed by atoms with Crippen LogP contribution in [0.5, 0.6) is 0 Å². The predicted octanol–water partition coefficient (Wildman–Crippen LogP) is 2.33. The van der Waals surface area contributed by atoms with Gasteiger partial charge in [-0.2, -0.15) is 5.26 Å². The van der Waals surface area contributed by atoms with Crippen LogP contribution in [-0.4, -0.2) is 9.97 Å². The SMILES string of the molecule is N#CC(Cc1ccncc1)c1ccncc1. The van der Waals surface area contributed by atoms with Crippen LogP contribution in [0, 0.1) is 11.3 Å². The molecule has 0 saturated carbocycles. The molecule has 2 rings (SSSR count). The lowest BCUT2D eigenvalue weighted by atomic mass is 9.95. The molecule has 16 heavy (non-hydrogen) atoms. The smallest absolute Gasteiger partial charge is 0.0754 e. The van der Waals surface area contributed by atoms with E-state index in [9.17, 15) is 0 Å². The Labute approximate surface area is 94.4 Å². The van der Waals surface area contributed by atoms with Crippen LogP contribution in [0.15, 0.2) is 49.1 Å². The maximum absolute atomic E-state index is 9.15. The van der Waals surface area contributed by atoms with Crippen molar-refractivity contribution in [3.8, 4) is 6.07 Å². The number of nitrogens with zero attached hydrogens (tertiary/aromatic N) is 3. The highest BCUT2D eigenvalue weighted by Gasteiger charge is 2.10. The summed E-state index contributed by atoms with van der Waals surface area (Å²) in [6, 6.07) is 9.96. The van der Waals surface area contributed by atoms with Crippen LogP contribution in [0.1, 0.15) is 17.0 Å².